The summed E-state index contributed by atoms with van der Waals surface area (Å²) in [4.78, 5) is 34.4. The SMILES string of the molecule is Nc1cc(C(=O)O)c(N=Nc2c(C(=O)O)[nH]n(-c3ccc(S(=O)(=O)O)cc3)c2=O)c(S(=O)(=O)O)c1. The molecule has 0 saturated heterocycles. The average molecular weight is 527 g/mol. The average Bonchev–Trinajstić information content (AvgIpc) is 3.07. The highest BCUT2D eigenvalue weighted by Gasteiger charge is 2.25. The Labute approximate surface area is 194 Å². The number of nitrogen functional groups attached to an aromatic ring is 1. The number of aromatic nitrogens is 2. The number of nitrogens with two attached hydrogens (primary N) is 1. The number of hydrogen-bond acceptors (Lipinski definition) is 10. The molecule has 0 bridgehead atoms. The van der Waals surface area contributed by atoms with Crippen molar-refractivity contribution in [3.8, 4) is 5.69 Å². The Hall–Kier alpha value is -4.39. The van der Waals surface area contributed by atoms with Crippen molar-refractivity contribution in [2.45, 2.75) is 9.79 Å². The van der Waals surface area contributed by atoms with E-state index in [-0.39, 0.29) is 11.4 Å². The molecule has 0 atom stereocenters. The van der Waals surface area contributed by atoms with Gasteiger partial charge in [0, 0.05) is 5.69 Å². The van der Waals surface area contributed by atoms with Crippen LogP contribution in [0.5, 0.6) is 0 Å². The molecule has 3 rings (SSSR count). The minimum absolute atomic E-state index is 0.0938. The Morgan fingerprint density at radius 1 is 0.886 bits per heavy atom. The Morgan fingerprint density at radius 2 is 1.46 bits per heavy atom. The van der Waals surface area contributed by atoms with Gasteiger partial charge in [0.2, 0.25) is 0 Å². The van der Waals surface area contributed by atoms with Gasteiger partial charge in [0.1, 0.15) is 10.6 Å². The summed E-state index contributed by atoms with van der Waals surface area (Å²) in [6.45, 7) is 0. The third-order valence-electron chi connectivity index (χ3n) is 4.33. The summed E-state index contributed by atoms with van der Waals surface area (Å²) in [5.41, 5.74) is 0.339. The molecule has 0 aliphatic rings. The van der Waals surface area contributed by atoms with Crippen LogP contribution in [0.25, 0.3) is 5.69 Å². The first kappa shape index (κ1) is 25.2. The highest BCUT2D eigenvalue weighted by Crippen LogP contribution is 2.33. The van der Waals surface area contributed by atoms with Gasteiger partial charge in [-0.05, 0) is 36.4 Å². The summed E-state index contributed by atoms with van der Waals surface area (Å²) in [5, 5.41) is 27.8. The molecule has 0 saturated carbocycles. The summed E-state index contributed by atoms with van der Waals surface area (Å²) in [7, 11) is -9.63. The number of aromatic carboxylic acids is 2. The molecule has 0 unspecified atom stereocenters. The van der Waals surface area contributed by atoms with Gasteiger partial charge in [0.05, 0.1) is 16.1 Å². The molecule has 0 radical (unpaired) electrons. The number of azo groups is 1. The Kier molecular flexibility index (Phi) is 6.31. The van der Waals surface area contributed by atoms with Crippen LogP contribution in [0.1, 0.15) is 20.8 Å². The first-order valence-electron chi connectivity index (χ1n) is 8.83. The molecule has 1 heterocycles. The maximum Gasteiger partial charge on any atom is 0.356 e. The van der Waals surface area contributed by atoms with Crippen LogP contribution in [0.15, 0.2) is 61.2 Å². The van der Waals surface area contributed by atoms with Crippen LogP contribution < -0.4 is 11.3 Å². The molecule has 18 heteroatoms. The summed E-state index contributed by atoms with van der Waals surface area (Å²) in [6.07, 6.45) is 0. The zero-order valence-corrected chi connectivity index (χ0v) is 18.5. The third-order valence-corrected chi connectivity index (χ3v) is 6.06. The number of aromatic amines is 1. The molecule has 0 fully saturated rings. The predicted octanol–water partition coefficient (Wildman–Crippen LogP) is 1.05. The maximum absolute atomic E-state index is 12.8. The fraction of sp³-hybridized carbons (Fsp3) is 0. The number of nitrogens with zero attached hydrogens (tertiary/aromatic N) is 3. The van der Waals surface area contributed by atoms with E-state index in [1.807, 2.05) is 0 Å². The molecule has 2 aromatic carbocycles. The van der Waals surface area contributed by atoms with Crippen LogP contribution in [0.3, 0.4) is 0 Å². The van der Waals surface area contributed by atoms with E-state index in [4.69, 9.17) is 10.3 Å². The number of benzene rings is 2. The Balaban J connectivity index is 2.23. The maximum atomic E-state index is 12.8. The monoisotopic (exact) mass is 527 g/mol. The number of rotatable bonds is 7. The largest absolute Gasteiger partial charge is 0.478 e. The standard InChI is InChI=1S/C17H13N5O11S2/c18-7-5-10(16(24)25)12(11(6-7)35(31,32)33)19-20-13-14(17(26)27)21-22(15(13)23)8-1-3-9(4-2-8)34(28,29)30/h1-6,21H,18H2,(H,24,25)(H,26,27)(H,28,29,30)(H,31,32,33). The summed E-state index contributed by atoms with van der Waals surface area (Å²) in [6, 6.07) is 5.42. The second kappa shape index (κ2) is 8.76. The number of hydrogen-bond donors (Lipinski definition) is 6. The van der Waals surface area contributed by atoms with Gasteiger partial charge in [0.15, 0.2) is 11.4 Å². The molecule has 1 aromatic heterocycles. The zero-order valence-electron chi connectivity index (χ0n) is 16.8. The van der Waals surface area contributed by atoms with Crippen LogP contribution >= 0.6 is 0 Å². The van der Waals surface area contributed by atoms with Crippen molar-refractivity contribution in [2.75, 3.05) is 5.73 Å². The van der Waals surface area contributed by atoms with Crippen LogP contribution in [-0.4, -0.2) is 57.9 Å². The zero-order chi connectivity index (χ0) is 26.3. The van der Waals surface area contributed by atoms with Gasteiger partial charge in [-0.15, -0.1) is 10.2 Å². The first-order valence-corrected chi connectivity index (χ1v) is 11.7. The van der Waals surface area contributed by atoms with Crippen LogP contribution in [-0.2, 0) is 20.2 Å². The van der Waals surface area contributed by atoms with Crippen molar-refractivity contribution < 1.29 is 45.7 Å². The molecule has 16 nitrogen and oxygen atoms in total. The number of anilines is 1. The molecule has 0 aliphatic heterocycles. The summed E-state index contributed by atoms with van der Waals surface area (Å²) in [5.74, 6) is -3.44. The second-order valence-electron chi connectivity index (χ2n) is 6.65. The normalized spacial score (nSPS) is 12.2. The molecular formula is C17H13N5O11S2. The van der Waals surface area contributed by atoms with E-state index in [0.717, 1.165) is 30.3 Å². The number of carbonyl (C=O) groups is 2. The van der Waals surface area contributed by atoms with Gasteiger partial charge in [-0.3, -0.25) is 19.0 Å². The van der Waals surface area contributed by atoms with Gasteiger partial charge in [-0.1, -0.05) is 0 Å². The van der Waals surface area contributed by atoms with Crippen molar-refractivity contribution in [3.05, 3.63) is 58.0 Å². The molecule has 0 aliphatic carbocycles. The molecule has 0 amide bonds. The van der Waals surface area contributed by atoms with Gasteiger partial charge >= 0.3 is 11.9 Å². The molecule has 184 valence electrons. The number of H-pyrrole nitrogens is 1. The van der Waals surface area contributed by atoms with E-state index in [0.29, 0.717) is 10.7 Å². The number of nitrogens with one attached hydrogen (secondary N) is 1. The van der Waals surface area contributed by atoms with Crippen LogP contribution in [0.4, 0.5) is 17.1 Å². The van der Waals surface area contributed by atoms with Crippen molar-refractivity contribution in [1.29, 1.82) is 0 Å². The lowest BCUT2D eigenvalue weighted by Crippen LogP contribution is -2.14. The lowest BCUT2D eigenvalue weighted by molar-refractivity contribution is 0.0682. The predicted molar refractivity (Wildman–Crippen MR) is 115 cm³/mol. The quantitative estimate of drug-likeness (QED) is 0.143. The van der Waals surface area contributed by atoms with Crippen molar-refractivity contribution >= 4 is 49.2 Å². The highest BCUT2D eigenvalue weighted by molar-refractivity contribution is 7.86. The lowest BCUT2D eigenvalue weighted by Gasteiger charge is -2.07. The Bertz CT molecular complexity index is 1670. The molecule has 0 spiro atoms. The van der Waals surface area contributed by atoms with E-state index in [2.05, 4.69) is 15.3 Å². The lowest BCUT2D eigenvalue weighted by atomic mass is 10.1. The van der Waals surface area contributed by atoms with Crippen molar-refractivity contribution in [1.82, 2.24) is 9.78 Å². The van der Waals surface area contributed by atoms with Crippen molar-refractivity contribution in [3.63, 3.8) is 0 Å². The van der Waals surface area contributed by atoms with Gasteiger partial charge in [0.25, 0.3) is 25.8 Å². The second-order valence-corrected chi connectivity index (χ2v) is 9.46. The number of carboxylic acid groups (broad SMARTS) is 2. The molecular weight excluding hydrogens is 514 g/mol. The van der Waals surface area contributed by atoms with Gasteiger partial charge in [-0.2, -0.15) is 16.8 Å². The smallest absolute Gasteiger partial charge is 0.356 e. The topological polar surface area (TPSA) is 272 Å². The molecule has 3 aromatic rings. The minimum atomic E-state index is -5.08. The summed E-state index contributed by atoms with van der Waals surface area (Å²) < 4.78 is 64.8. The fourth-order valence-electron chi connectivity index (χ4n) is 2.81. The van der Waals surface area contributed by atoms with E-state index in [9.17, 15) is 46.0 Å². The van der Waals surface area contributed by atoms with E-state index < -0.39 is 70.2 Å². The third kappa shape index (κ3) is 5.09. The summed E-state index contributed by atoms with van der Waals surface area (Å²) >= 11 is 0. The number of carboxylic acids is 2. The fourth-order valence-corrected chi connectivity index (χ4v) is 3.97. The molecule has 7 N–H and O–H groups in total. The van der Waals surface area contributed by atoms with Gasteiger partial charge in [-0.25, -0.2) is 14.3 Å². The van der Waals surface area contributed by atoms with E-state index in [1.54, 1.807) is 0 Å². The van der Waals surface area contributed by atoms with Crippen molar-refractivity contribution in [2.24, 2.45) is 10.2 Å². The highest BCUT2D eigenvalue weighted by atomic mass is 32.2. The van der Waals surface area contributed by atoms with E-state index >= 15 is 0 Å². The Morgan fingerprint density at radius 3 is 1.94 bits per heavy atom. The first-order chi connectivity index (χ1) is 16.1. The van der Waals surface area contributed by atoms with Crippen LogP contribution in [0.2, 0.25) is 0 Å². The van der Waals surface area contributed by atoms with E-state index in [1.165, 1.54) is 0 Å². The van der Waals surface area contributed by atoms with Gasteiger partial charge < -0.3 is 15.9 Å². The van der Waals surface area contributed by atoms with Crippen LogP contribution in [0, 0.1) is 0 Å². The molecule has 35 heavy (non-hydrogen) atoms. The minimum Gasteiger partial charge on any atom is -0.478 e.